The molecule has 0 saturated heterocycles. The van der Waals surface area contributed by atoms with Crippen LogP contribution in [0.5, 0.6) is 5.75 Å². The van der Waals surface area contributed by atoms with Gasteiger partial charge in [0.25, 0.3) is 0 Å². The first-order valence-electron chi connectivity index (χ1n) is 11.3. The topological polar surface area (TPSA) is 62.2 Å². The number of ketones is 1. The van der Waals surface area contributed by atoms with E-state index in [9.17, 15) is 14.3 Å². The van der Waals surface area contributed by atoms with Crippen LogP contribution in [0.4, 0.5) is 10.1 Å². The number of hydrogen-bond acceptors (Lipinski definition) is 4. The SMILES string of the molecule is CCCC(=O)c1cnc2ccc(-c3cc(F)c(O)c(Cl)c3)cc2c1N[C@H]1CC[C@H](C)CC1. The first kappa shape index (κ1) is 22.5. The summed E-state index contributed by atoms with van der Waals surface area (Å²) in [6.07, 6.45) is 7.34. The molecule has 1 fully saturated rings. The van der Waals surface area contributed by atoms with Gasteiger partial charge in [-0.3, -0.25) is 9.78 Å². The molecule has 4 rings (SSSR count). The number of phenolic OH excluding ortho intramolecular Hbond substituents is 1. The Hall–Kier alpha value is -2.66. The number of nitrogens with zero attached hydrogens (tertiary/aromatic N) is 1. The van der Waals surface area contributed by atoms with E-state index in [-0.39, 0.29) is 10.8 Å². The van der Waals surface area contributed by atoms with Crippen molar-refractivity contribution in [3.8, 4) is 16.9 Å². The lowest BCUT2D eigenvalue weighted by molar-refractivity contribution is 0.0982. The Morgan fingerprint density at radius 3 is 2.62 bits per heavy atom. The summed E-state index contributed by atoms with van der Waals surface area (Å²) in [5, 5.41) is 14.1. The van der Waals surface area contributed by atoms with Gasteiger partial charge in [0.15, 0.2) is 17.3 Å². The summed E-state index contributed by atoms with van der Waals surface area (Å²) in [6, 6.07) is 8.73. The molecule has 32 heavy (non-hydrogen) atoms. The molecule has 1 aliphatic rings. The molecular weight excluding hydrogens is 427 g/mol. The first-order valence-corrected chi connectivity index (χ1v) is 11.7. The van der Waals surface area contributed by atoms with Gasteiger partial charge in [0, 0.05) is 24.0 Å². The lowest BCUT2D eigenvalue weighted by Crippen LogP contribution is -2.26. The molecule has 3 aromatic rings. The number of rotatable bonds is 6. The Balaban J connectivity index is 1.83. The van der Waals surface area contributed by atoms with Crippen LogP contribution in [0, 0.1) is 11.7 Å². The summed E-state index contributed by atoms with van der Waals surface area (Å²) < 4.78 is 14.1. The average molecular weight is 455 g/mol. The van der Waals surface area contributed by atoms with Crippen molar-refractivity contribution in [3.05, 3.63) is 52.9 Å². The third-order valence-corrected chi connectivity index (χ3v) is 6.65. The van der Waals surface area contributed by atoms with Crippen molar-refractivity contribution in [2.75, 3.05) is 5.32 Å². The van der Waals surface area contributed by atoms with Crippen LogP contribution < -0.4 is 5.32 Å². The fraction of sp³-hybridized carbons (Fsp3) is 0.385. The van der Waals surface area contributed by atoms with Gasteiger partial charge in [-0.1, -0.05) is 31.5 Å². The van der Waals surface area contributed by atoms with E-state index >= 15 is 0 Å². The maximum atomic E-state index is 14.1. The minimum atomic E-state index is -0.771. The van der Waals surface area contributed by atoms with Gasteiger partial charge >= 0.3 is 0 Å². The summed E-state index contributed by atoms with van der Waals surface area (Å²) in [5.74, 6) is -0.534. The van der Waals surface area contributed by atoms with Crippen molar-refractivity contribution in [2.24, 2.45) is 5.92 Å². The lowest BCUT2D eigenvalue weighted by Gasteiger charge is -2.29. The molecule has 1 aromatic heterocycles. The highest BCUT2D eigenvalue weighted by Gasteiger charge is 2.22. The average Bonchev–Trinajstić information content (AvgIpc) is 2.78. The zero-order chi connectivity index (χ0) is 22.8. The monoisotopic (exact) mass is 454 g/mol. The van der Waals surface area contributed by atoms with E-state index < -0.39 is 11.6 Å². The molecule has 2 N–H and O–H groups in total. The molecule has 0 unspecified atom stereocenters. The van der Waals surface area contributed by atoms with Gasteiger partial charge in [-0.15, -0.1) is 0 Å². The summed E-state index contributed by atoms with van der Waals surface area (Å²) in [7, 11) is 0. The van der Waals surface area contributed by atoms with Crippen LogP contribution in [0.2, 0.25) is 5.02 Å². The smallest absolute Gasteiger partial charge is 0.170 e. The quantitative estimate of drug-likeness (QED) is 0.381. The number of hydrogen-bond donors (Lipinski definition) is 2. The molecule has 0 spiro atoms. The first-order chi connectivity index (χ1) is 15.4. The number of anilines is 1. The molecule has 6 heteroatoms. The Morgan fingerprint density at radius 2 is 1.94 bits per heavy atom. The number of aromatic nitrogens is 1. The third-order valence-electron chi connectivity index (χ3n) is 6.36. The molecule has 4 nitrogen and oxygen atoms in total. The highest BCUT2D eigenvalue weighted by molar-refractivity contribution is 6.32. The predicted octanol–water partition coefficient (Wildman–Crippen LogP) is 7.37. The largest absolute Gasteiger partial charge is 0.504 e. The fourth-order valence-electron chi connectivity index (χ4n) is 4.44. The van der Waals surface area contributed by atoms with E-state index in [1.165, 1.54) is 12.1 Å². The molecule has 0 amide bonds. The van der Waals surface area contributed by atoms with Crippen molar-refractivity contribution in [1.82, 2.24) is 4.98 Å². The molecule has 0 radical (unpaired) electrons. The Bertz CT molecular complexity index is 1130. The van der Waals surface area contributed by atoms with Gasteiger partial charge < -0.3 is 10.4 Å². The number of benzene rings is 2. The van der Waals surface area contributed by atoms with E-state index in [0.29, 0.717) is 23.6 Å². The van der Waals surface area contributed by atoms with Crippen molar-refractivity contribution in [3.63, 3.8) is 0 Å². The molecule has 0 aliphatic heterocycles. The van der Waals surface area contributed by atoms with Crippen LogP contribution in [-0.4, -0.2) is 21.9 Å². The number of pyridine rings is 1. The number of halogens is 2. The van der Waals surface area contributed by atoms with Crippen molar-refractivity contribution >= 4 is 34.0 Å². The van der Waals surface area contributed by atoms with Crippen LogP contribution >= 0.6 is 11.6 Å². The Labute approximate surface area is 192 Å². The van der Waals surface area contributed by atoms with E-state index in [4.69, 9.17) is 11.6 Å². The normalized spacial score (nSPS) is 18.6. The number of carbonyl (C=O) groups is 1. The van der Waals surface area contributed by atoms with E-state index in [1.807, 2.05) is 25.1 Å². The lowest BCUT2D eigenvalue weighted by atomic mass is 9.87. The number of Topliss-reactive ketones (excluding diaryl/α,β-unsaturated/α-hetero) is 1. The van der Waals surface area contributed by atoms with E-state index in [2.05, 4.69) is 17.2 Å². The fourth-order valence-corrected chi connectivity index (χ4v) is 4.65. The third kappa shape index (κ3) is 4.58. The second-order valence-electron chi connectivity index (χ2n) is 8.84. The highest BCUT2D eigenvalue weighted by atomic mass is 35.5. The number of aromatic hydroxyl groups is 1. The van der Waals surface area contributed by atoms with Crippen LogP contribution in [-0.2, 0) is 0 Å². The molecule has 0 atom stereocenters. The molecule has 1 aliphatic carbocycles. The summed E-state index contributed by atoms with van der Waals surface area (Å²) in [6.45, 7) is 4.27. The molecular formula is C26H28ClFN2O2. The standard InChI is InChI=1S/C26H28ClFN2O2/c1-3-4-24(31)20-14-29-23-10-7-16(17-12-21(27)26(32)22(28)13-17)11-19(23)25(20)30-18-8-5-15(2)6-9-18/h7,10-15,18,32H,3-6,8-9H2,1-2H3,(H,29,30)/t15-,18-. The van der Waals surface area contributed by atoms with Gasteiger partial charge in [-0.25, -0.2) is 4.39 Å². The minimum Gasteiger partial charge on any atom is -0.504 e. The number of phenols is 1. The van der Waals surface area contributed by atoms with Gasteiger partial charge in [-0.05, 0) is 73.4 Å². The summed E-state index contributed by atoms with van der Waals surface area (Å²) in [4.78, 5) is 17.4. The zero-order valence-electron chi connectivity index (χ0n) is 18.4. The zero-order valence-corrected chi connectivity index (χ0v) is 19.2. The van der Waals surface area contributed by atoms with E-state index in [1.54, 1.807) is 6.20 Å². The molecule has 0 bridgehead atoms. The van der Waals surface area contributed by atoms with Gasteiger partial charge in [-0.2, -0.15) is 0 Å². The Morgan fingerprint density at radius 1 is 1.19 bits per heavy atom. The van der Waals surface area contributed by atoms with Crippen LogP contribution in [0.3, 0.4) is 0 Å². The highest BCUT2D eigenvalue weighted by Crippen LogP contribution is 2.36. The van der Waals surface area contributed by atoms with Crippen LogP contribution in [0.1, 0.15) is 62.7 Å². The van der Waals surface area contributed by atoms with Gasteiger partial charge in [0.2, 0.25) is 0 Å². The van der Waals surface area contributed by atoms with E-state index in [0.717, 1.165) is 60.2 Å². The molecule has 2 aromatic carbocycles. The van der Waals surface area contributed by atoms with Crippen molar-refractivity contribution in [1.29, 1.82) is 0 Å². The second-order valence-corrected chi connectivity index (χ2v) is 9.25. The second kappa shape index (κ2) is 9.45. The number of fused-ring (bicyclic) bond motifs is 1. The minimum absolute atomic E-state index is 0.0419. The summed E-state index contributed by atoms with van der Waals surface area (Å²) in [5.41, 5.74) is 3.46. The van der Waals surface area contributed by atoms with Crippen LogP contribution in [0.15, 0.2) is 36.5 Å². The van der Waals surface area contributed by atoms with Crippen molar-refractivity contribution < 1.29 is 14.3 Å². The number of carbonyl (C=O) groups excluding carboxylic acids is 1. The number of nitrogens with one attached hydrogen (secondary N) is 1. The van der Waals surface area contributed by atoms with Crippen molar-refractivity contribution in [2.45, 2.75) is 58.4 Å². The maximum absolute atomic E-state index is 14.1. The van der Waals surface area contributed by atoms with Gasteiger partial charge in [0.05, 0.1) is 21.8 Å². The van der Waals surface area contributed by atoms with Crippen LogP contribution in [0.25, 0.3) is 22.0 Å². The molecule has 168 valence electrons. The Kier molecular flexibility index (Phi) is 6.66. The summed E-state index contributed by atoms with van der Waals surface area (Å²) >= 11 is 6.00. The molecule has 1 heterocycles. The predicted molar refractivity (Wildman–Crippen MR) is 128 cm³/mol. The maximum Gasteiger partial charge on any atom is 0.170 e. The van der Waals surface area contributed by atoms with Gasteiger partial charge in [0.1, 0.15) is 0 Å². The molecule has 1 saturated carbocycles.